The zero-order chi connectivity index (χ0) is 38.0. The summed E-state index contributed by atoms with van der Waals surface area (Å²) in [7, 11) is -5.00. The Morgan fingerprint density at radius 3 is 2.31 bits per heavy atom. The number of aliphatic hydroxyl groups excluding tert-OH is 1. The summed E-state index contributed by atoms with van der Waals surface area (Å²) in [6, 6.07) is 15.2. The van der Waals surface area contributed by atoms with Gasteiger partial charge in [-0.25, -0.2) is 0 Å². The molecule has 2 aromatic carbocycles. The highest BCUT2D eigenvalue weighted by Gasteiger charge is 2.44. The Morgan fingerprint density at radius 1 is 0.980 bits per heavy atom. The molecule has 2 aliphatic heterocycles. The number of hydrogen-bond acceptors (Lipinski definition) is 8. The molecule has 0 aromatic heterocycles. The second kappa shape index (κ2) is 18.1. The van der Waals surface area contributed by atoms with Crippen LogP contribution in [0.5, 0.6) is 0 Å². The lowest BCUT2D eigenvalue weighted by molar-refractivity contribution is -0.437. The van der Waals surface area contributed by atoms with Gasteiger partial charge in [0.1, 0.15) is 6.54 Å². The molecule has 51 heavy (non-hydrogen) atoms. The van der Waals surface area contributed by atoms with E-state index in [9.17, 15) is 18.1 Å². The maximum Gasteiger partial charge on any atom is 0.425 e. The summed E-state index contributed by atoms with van der Waals surface area (Å²) < 4.78 is 59.6. The van der Waals surface area contributed by atoms with E-state index in [1.54, 1.807) is 0 Å². The van der Waals surface area contributed by atoms with Crippen molar-refractivity contribution in [2.45, 2.75) is 84.1 Å². The Bertz CT molecular complexity index is 1900. The van der Waals surface area contributed by atoms with Gasteiger partial charge in [0.2, 0.25) is 5.69 Å². The third-order valence-electron chi connectivity index (χ3n) is 9.46. The molecule has 0 amide bonds. The van der Waals surface area contributed by atoms with E-state index in [-0.39, 0.29) is 22.3 Å². The van der Waals surface area contributed by atoms with Crippen molar-refractivity contribution >= 4 is 37.8 Å². The van der Waals surface area contributed by atoms with Crippen molar-refractivity contribution in [3.8, 4) is 0 Å². The van der Waals surface area contributed by atoms with Crippen LogP contribution in [-0.2, 0) is 38.1 Å². The fraction of sp³-hybridized carbons (Fsp3) is 0.462. The van der Waals surface area contributed by atoms with E-state index in [4.69, 9.17) is 12.6 Å². The summed E-state index contributed by atoms with van der Waals surface area (Å²) in [5.74, 6) is -0.0149. The molecule has 0 saturated carbocycles. The van der Waals surface area contributed by atoms with Crippen LogP contribution in [0.15, 0.2) is 90.9 Å². The van der Waals surface area contributed by atoms with Crippen LogP contribution in [0, 0.1) is 0 Å². The Morgan fingerprint density at radius 2 is 1.67 bits per heavy atom. The van der Waals surface area contributed by atoms with Crippen LogP contribution in [0.3, 0.4) is 0 Å². The van der Waals surface area contributed by atoms with E-state index < -0.39 is 20.7 Å². The molecule has 278 valence electrons. The smallest absolute Gasteiger partial charge is 0.425 e. The fourth-order valence-corrected chi connectivity index (χ4v) is 7.46. The molecule has 4 rings (SSSR count). The normalized spacial score (nSPS) is 16.9. The van der Waals surface area contributed by atoms with Gasteiger partial charge in [-0.15, -0.1) is 12.6 Å². The maximum atomic E-state index is 11.4. The molecule has 2 aromatic rings. The van der Waals surface area contributed by atoms with Gasteiger partial charge in [-0.2, -0.15) is 13.0 Å². The molecule has 2 aliphatic rings. The summed E-state index contributed by atoms with van der Waals surface area (Å²) in [6.45, 7) is 18.1. The van der Waals surface area contributed by atoms with Crippen LogP contribution >= 0.6 is 0 Å². The van der Waals surface area contributed by atoms with Crippen molar-refractivity contribution in [1.29, 1.82) is 0 Å². The number of allylic oxidation sites excluding steroid dienone is 7. The number of aliphatic hydroxyl groups is 1. The Hall–Kier alpha value is -3.84. The molecular weight excluding hydrogens is 687 g/mol. The second-order valence-corrected chi connectivity index (χ2v) is 16.2. The summed E-state index contributed by atoms with van der Waals surface area (Å²) in [6.07, 6.45) is 14.7. The van der Waals surface area contributed by atoms with Crippen LogP contribution < -0.4 is 4.90 Å². The number of benzene rings is 2. The first-order valence-corrected chi connectivity index (χ1v) is 20.0. The average Bonchev–Trinajstić information content (AvgIpc) is 3.37. The molecule has 0 spiro atoms. The van der Waals surface area contributed by atoms with Crippen molar-refractivity contribution in [2.75, 3.05) is 37.3 Å². The highest BCUT2D eigenvalue weighted by atomic mass is 32.2. The number of unbranched alkanes of at least 4 members (excludes halogenated alkanes) is 1. The van der Waals surface area contributed by atoms with Crippen LogP contribution in [0.2, 0.25) is 0 Å². The number of para-hydroxylation sites is 1. The summed E-state index contributed by atoms with van der Waals surface area (Å²) in [4.78, 5) is 4.78. The number of rotatable bonds is 16. The maximum absolute atomic E-state index is 11.4. The minimum Gasteiger partial charge on any atom is -0.513 e. The quantitative estimate of drug-likeness (QED) is 0.0792. The number of anilines is 1. The van der Waals surface area contributed by atoms with Crippen molar-refractivity contribution in [3.05, 3.63) is 108 Å². The van der Waals surface area contributed by atoms with E-state index in [2.05, 4.69) is 123 Å². The first-order valence-electron chi connectivity index (χ1n) is 17.4. The van der Waals surface area contributed by atoms with Crippen molar-refractivity contribution < 1.29 is 35.3 Å². The molecular formula is C39H54N3O7S2+. The topological polar surface area (TPSA) is 135 Å². The SMILES string of the molecule is C=C(O)CCCN(C)Cc1ccc2c(c1)C(C)(C)C(=CC=CC=CC1=[N+](CCCS(=O)(=O)O)c3ccccc3C1(C)C)N2CCCC.O=S(=O)=O. The molecule has 10 nitrogen and oxygen atoms in total. The Labute approximate surface area is 306 Å². The summed E-state index contributed by atoms with van der Waals surface area (Å²) >= 11 is 0. The third-order valence-corrected chi connectivity index (χ3v) is 10.3. The van der Waals surface area contributed by atoms with Gasteiger partial charge in [-0.1, -0.05) is 82.3 Å². The molecule has 0 fully saturated rings. The number of fused-ring (bicyclic) bond motifs is 2. The minimum absolute atomic E-state index is 0.159. The van der Waals surface area contributed by atoms with Gasteiger partial charge in [-0.3, -0.25) is 4.55 Å². The van der Waals surface area contributed by atoms with Crippen LogP contribution in [-0.4, -0.2) is 78.3 Å². The second-order valence-electron chi connectivity index (χ2n) is 14.2. The highest BCUT2D eigenvalue weighted by molar-refractivity contribution is 7.85. The predicted octanol–water partition coefficient (Wildman–Crippen LogP) is 7.21. The molecule has 2 N–H and O–H groups in total. The third kappa shape index (κ3) is 11.3. The Balaban J connectivity index is 0.00000166. The zero-order valence-corrected chi connectivity index (χ0v) is 32.4. The minimum atomic E-state index is -4.01. The van der Waals surface area contributed by atoms with Gasteiger partial charge in [0, 0.05) is 60.4 Å². The van der Waals surface area contributed by atoms with Gasteiger partial charge in [0.05, 0.1) is 16.9 Å². The predicted molar refractivity (Wildman–Crippen MR) is 205 cm³/mol. The van der Waals surface area contributed by atoms with E-state index in [0.717, 1.165) is 50.3 Å². The Kier molecular flexibility index (Phi) is 14.7. The van der Waals surface area contributed by atoms with Crippen LogP contribution in [0.4, 0.5) is 11.4 Å². The average molecular weight is 741 g/mol. The zero-order valence-electron chi connectivity index (χ0n) is 30.8. The largest absolute Gasteiger partial charge is 0.513 e. The first kappa shape index (κ1) is 41.6. The molecule has 0 bridgehead atoms. The number of hydrogen-bond donors (Lipinski definition) is 2. The van der Waals surface area contributed by atoms with Crippen molar-refractivity contribution in [2.24, 2.45) is 0 Å². The molecule has 0 aliphatic carbocycles. The summed E-state index contributed by atoms with van der Waals surface area (Å²) in [5, 5.41) is 9.43. The molecule has 0 radical (unpaired) electrons. The molecule has 0 atom stereocenters. The molecule has 0 unspecified atom stereocenters. The van der Waals surface area contributed by atoms with Gasteiger partial charge < -0.3 is 14.9 Å². The van der Waals surface area contributed by atoms with E-state index in [1.807, 2.05) is 12.1 Å². The molecule has 12 heteroatoms. The van der Waals surface area contributed by atoms with E-state index >= 15 is 0 Å². The molecule has 2 heterocycles. The van der Waals surface area contributed by atoms with Gasteiger partial charge in [-0.05, 0) is 63.6 Å². The number of nitrogens with zero attached hydrogens (tertiary/aromatic N) is 3. The summed E-state index contributed by atoms with van der Waals surface area (Å²) in [5.41, 5.74) is 8.18. The van der Waals surface area contributed by atoms with Crippen LogP contribution in [0.1, 0.15) is 83.4 Å². The standard InChI is InChI=1S/C39H53N3O4S.O3S/c1-8-9-25-41-35-23-22-31(29-40(7)24-15-17-30(2)43)28-33(35)39(5,6)37(41)21-12-10-11-20-36-38(3,4)32-18-13-14-19-34(32)42(36)26-16-27-47(44,45)46;1-4(2)3/h10-14,18-23,28H,2,8-9,15-17,24-27,29H2,1,3-7H3,(H-,43,44,45,46);/p+1. The lowest BCUT2D eigenvalue weighted by Crippen LogP contribution is -2.28. The van der Waals surface area contributed by atoms with E-state index in [0.29, 0.717) is 19.4 Å². The monoisotopic (exact) mass is 740 g/mol. The van der Waals surface area contributed by atoms with Gasteiger partial charge >= 0.3 is 10.6 Å². The van der Waals surface area contributed by atoms with Crippen LogP contribution in [0.25, 0.3) is 0 Å². The van der Waals surface area contributed by atoms with Gasteiger partial charge in [0.15, 0.2) is 5.71 Å². The lowest BCUT2D eigenvalue weighted by atomic mass is 9.81. The highest BCUT2D eigenvalue weighted by Crippen LogP contribution is 2.48. The first-order chi connectivity index (χ1) is 23.9. The van der Waals surface area contributed by atoms with E-state index in [1.165, 1.54) is 28.1 Å². The molecule has 0 saturated heterocycles. The van der Waals surface area contributed by atoms with Crippen molar-refractivity contribution in [1.82, 2.24) is 4.90 Å². The lowest BCUT2D eigenvalue weighted by Gasteiger charge is -2.27. The van der Waals surface area contributed by atoms with Gasteiger partial charge in [0.25, 0.3) is 10.1 Å². The van der Waals surface area contributed by atoms with Crippen molar-refractivity contribution in [3.63, 3.8) is 0 Å². The fourth-order valence-electron chi connectivity index (χ4n) is 6.97.